The summed E-state index contributed by atoms with van der Waals surface area (Å²) in [6.07, 6.45) is 6.21. The maximum absolute atomic E-state index is 11.9. The van der Waals surface area contributed by atoms with E-state index in [9.17, 15) is 4.79 Å². The van der Waals surface area contributed by atoms with Gasteiger partial charge in [0.2, 0.25) is 5.91 Å². The number of rotatable bonds is 7. The summed E-state index contributed by atoms with van der Waals surface area (Å²) in [5, 5.41) is 12.0. The van der Waals surface area contributed by atoms with Gasteiger partial charge in [0.05, 0.1) is 7.11 Å². The molecule has 1 aliphatic carbocycles. The zero-order valence-corrected chi connectivity index (χ0v) is 11.7. The van der Waals surface area contributed by atoms with Crippen molar-refractivity contribution in [2.75, 3.05) is 13.7 Å². The Morgan fingerprint density at radius 2 is 2.35 bits per heavy atom. The number of carbonyl (C=O) groups is 1. The van der Waals surface area contributed by atoms with Crippen LogP contribution in [0, 0.1) is 5.92 Å². The Labute approximate surface area is 119 Å². The van der Waals surface area contributed by atoms with Gasteiger partial charge in [-0.25, -0.2) is 0 Å². The van der Waals surface area contributed by atoms with Crippen molar-refractivity contribution in [2.45, 2.75) is 25.3 Å². The number of amides is 1. The van der Waals surface area contributed by atoms with Gasteiger partial charge in [0.15, 0.2) is 0 Å². The summed E-state index contributed by atoms with van der Waals surface area (Å²) >= 11 is 0. The van der Waals surface area contributed by atoms with Crippen molar-refractivity contribution >= 4 is 12.0 Å². The number of hydrogen-bond donors (Lipinski definition) is 2. The lowest BCUT2D eigenvalue weighted by Crippen LogP contribution is -2.36. The normalized spacial score (nSPS) is 16.1. The Kier molecular flexibility index (Phi) is 5.18. The predicted molar refractivity (Wildman–Crippen MR) is 78.4 cm³/mol. The molecule has 1 aromatic carbocycles. The molecular formula is C16H21NO3. The Balaban J connectivity index is 1.90. The number of aliphatic hydroxyl groups excluding tert-OH is 1. The molecule has 108 valence electrons. The number of aliphatic hydroxyl groups is 1. The molecule has 2 rings (SSSR count). The zero-order valence-electron chi connectivity index (χ0n) is 11.7. The SMILES string of the molecule is COc1cccc(/C=C/C(=O)NC(CCO)C2CC2)c1. The van der Waals surface area contributed by atoms with Gasteiger partial charge in [-0.3, -0.25) is 4.79 Å². The molecule has 1 aliphatic rings. The lowest BCUT2D eigenvalue weighted by Gasteiger charge is -2.15. The number of carbonyl (C=O) groups excluding carboxylic acids is 1. The van der Waals surface area contributed by atoms with Crippen molar-refractivity contribution in [3.63, 3.8) is 0 Å². The average Bonchev–Trinajstić information content (AvgIpc) is 3.29. The average molecular weight is 275 g/mol. The van der Waals surface area contributed by atoms with Gasteiger partial charge in [-0.05, 0) is 49.0 Å². The highest BCUT2D eigenvalue weighted by Crippen LogP contribution is 2.33. The van der Waals surface area contributed by atoms with E-state index >= 15 is 0 Å². The summed E-state index contributed by atoms with van der Waals surface area (Å²) in [7, 11) is 1.62. The van der Waals surface area contributed by atoms with Crippen LogP contribution in [0.1, 0.15) is 24.8 Å². The highest BCUT2D eigenvalue weighted by molar-refractivity contribution is 5.92. The quantitative estimate of drug-likeness (QED) is 0.748. The summed E-state index contributed by atoms with van der Waals surface area (Å²) in [5.74, 6) is 1.19. The van der Waals surface area contributed by atoms with Gasteiger partial charge in [0.1, 0.15) is 5.75 Å². The minimum absolute atomic E-state index is 0.0995. The fourth-order valence-corrected chi connectivity index (χ4v) is 2.21. The molecule has 2 N–H and O–H groups in total. The molecule has 0 aromatic heterocycles. The van der Waals surface area contributed by atoms with Crippen LogP contribution in [0.15, 0.2) is 30.3 Å². The monoisotopic (exact) mass is 275 g/mol. The Hall–Kier alpha value is -1.81. The third kappa shape index (κ3) is 4.38. The van der Waals surface area contributed by atoms with Crippen molar-refractivity contribution in [1.82, 2.24) is 5.32 Å². The van der Waals surface area contributed by atoms with Crippen molar-refractivity contribution in [3.05, 3.63) is 35.9 Å². The van der Waals surface area contributed by atoms with E-state index < -0.39 is 0 Å². The van der Waals surface area contributed by atoms with Gasteiger partial charge in [0, 0.05) is 18.7 Å². The van der Waals surface area contributed by atoms with Crippen molar-refractivity contribution < 1.29 is 14.6 Å². The highest BCUT2D eigenvalue weighted by atomic mass is 16.5. The Morgan fingerprint density at radius 1 is 1.55 bits per heavy atom. The van der Waals surface area contributed by atoms with Crippen molar-refractivity contribution in [1.29, 1.82) is 0 Å². The maximum Gasteiger partial charge on any atom is 0.244 e. The van der Waals surface area contributed by atoms with Gasteiger partial charge in [-0.15, -0.1) is 0 Å². The number of benzene rings is 1. The molecule has 0 saturated heterocycles. The van der Waals surface area contributed by atoms with Crippen LogP contribution in [-0.2, 0) is 4.79 Å². The molecule has 1 amide bonds. The molecule has 1 fully saturated rings. The zero-order chi connectivity index (χ0) is 14.4. The molecular weight excluding hydrogens is 254 g/mol. The number of nitrogens with one attached hydrogen (secondary N) is 1. The van der Waals surface area contributed by atoms with Crippen molar-refractivity contribution in [3.8, 4) is 5.75 Å². The van der Waals surface area contributed by atoms with E-state index in [1.807, 2.05) is 24.3 Å². The summed E-state index contributed by atoms with van der Waals surface area (Å²) in [6.45, 7) is 0.112. The van der Waals surface area contributed by atoms with Gasteiger partial charge < -0.3 is 15.2 Å². The van der Waals surface area contributed by atoms with E-state index in [4.69, 9.17) is 9.84 Å². The van der Waals surface area contributed by atoms with Gasteiger partial charge in [0.25, 0.3) is 0 Å². The molecule has 1 aromatic rings. The van der Waals surface area contributed by atoms with Crippen LogP contribution in [0.3, 0.4) is 0 Å². The molecule has 20 heavy (non-hydrogen) atoms. The first-order chi connectivity index (χ1) is 9.72. The largest absolute Gasteiger partial charge is 0.497 e. The number of ether oxygens (including phenoxy) is 1. The van der Waals surface area contributed by atoms with E-state index in [1.54, 1.807) is 13.2 Å². The van der Waals surface area contributed by atoms with Crippen LogP contribution in [0.4, 0.5) is 0 Å². The lowest BCUT2D eigenvalue weighted by molar-refractivity contribution is -0.117. The van der Waals surface area contributed by atoms with Gasteiger partial charge in [-0.2, -0.15) is 0 Å². The minimum atomic E-state index is -0.113. The van der Waals surface area contributed by atoms with Crippen LogP contribution in [0.5, 0.6) is 5.75 Å². The van der Waals surface area contributed by atoms with E-state index in [1.165, 1.54) is 6.08 Å². The molecule has 1 unspecified atom stereocenters. The fraction of sp³-hybridized carbons (Fsp3) is 0.438. The third-order valence-corrected chi connectivity index (χ3v) is 3.48. The summed E-state index contributed by atoms with van der Waals surface area (Å²) in [5.41, 5.74) is 0.921. The lowest BCUT2D eigenvalue weighted by atomic mass is 10.1. The summed E-state index contributed by atoms with van der Waals surface area (Å²) in [4.78, 5) is 11.9. The van der Waals surface area contributed by atoms with Crippen LogP contribution >= 0.6 is 0 Å². The Morgan fingerprint density at radius 3 is 3.00 bits per heavy atom. The number of methoxy groups -OCH3 is 1. The van der Waals surface area contributed by atoms with E-state index in [-0.39, 0.29) is 18.6 Å². The van der Waals surface area contributed by atoms with Gasteiger partial charge in [-0.1, -0.05) is 12.1 Å². The Bertz CT molecular complexity index is 480. The second-order valence-corrected chi connectivity index (χ2v) is 5.07. The van der Waals surface area contributed by atoms with Crippen LogP contribution in [-0.4, -0.2) is 30.8 Å². The summed E-state index contributed by atoms with van der Waals surface area (Å²) in [6, 6.07) is 7.63. The smallest absolute Gasteiger partial charge is 0.244 e. The molecule has 1 atom stereocenters. The van der Waals surface area contributed by atoms with Crippen LogP contribution in [0.25, 0.3) is 6.08 Å². The topological polar surface area (TPSA) is 58.6 Å². The second-order valence-electron chi connectivity index (χ2n) is 5.07. The maximum atomic E-state index is 11.9. The minimum Gasteiger partial charge on any atom is -0.497 e. The number of hydrogen-bond acceptors (Lipinski definition) is 3. The standard InChI is InChI=1S/C16H21NO3/c1-20-14-4-2-3-12(11-14)5-8-16(19)17-15(9-10-18)13-6-7-13/h2-5,8,11,13,15,18H,6-7,9-10H2,1H3,(H,17,19)/b8-5+. The second kappa shape index (κ2) is 7.10. The van der Waals surface area contributed by atoms with E-state index in [2.05, 4.69) is 5.32 Å². The molecule has 4 nitrogen and oxygen atoms in total. The fourth-order valence-electron chi connectivity index (χ4n) is 2.21. The first-order valence-electron chi connectivity index (χ1n) is 6.96. The molecule has 0 spiro atoms. The molecule has 0 bridgehead atoms. The van der Waals surface area contributed by atoms with Crippen LogP contribution in [0.2, 0.25) is 0 Å². The third-order valence-electron chi connectivity index (χ3n) is 3.48. The summed E-state index contributed by atoms with van der Waals surface area (Å²) < 4.78 is 5.14. The van der Waals surface area contributed by atoms with E-state index in [0.29, 0.717) is 12.3 Å². The van der Waals surface area contributed by atoms with Crippen LogP contribution < -0.4 is 10.1 Å². The molecule has 1 saturated carbocycles. The van der Waals surface area contributed by atoms with Crippen molar-refractivity contribution in [2.24, 2.45) is 5.92 Å². The highest BCUT2D eigenvalue weighted by Gasteiger charge is 2.31. The molecule has 0 heterocycles. The first-order valence-corrected chi connectivity index (χ1v) is 6.96. The van der Waals surface area contributed by atoms with E-state index in [0.717, 1.165) is 24.2 Å². The molecule has 0 aliphatic heterocycles. The molecule has 4 heteroatoms. The predicted octanol–water partition coefficient (Wildman–Crippen LogP) is 1.99. The van der Waals surface area contributed by atoms with Gasteiger partial charge >= 0.3 is 0 Å². The first kappa shape index (κ1) is 14.6. The molecule has 0 radical (unpaired) electrons.